The third-order valence-electron chi connectivity index (χ3n) is 2.13. The molecule has 1 aliphatic rings. The van der Waals surface area contributed by atoms with Crippen molar-refractivity contribution in [3.63, 3.8) is 0 Å². The van der Waals surface area contributed by atoms with Crippen molar-refractivity contribution >= 4 is 5.97 Å². The van der Waals surface area contributed by atoms with Gasteiger partial charge in [0, 0.05) is 0 Å². The Hall–Kier alpha value is -1.09. The molecular weight excluding hydrogens is 166 g/mol. The maximum absolute atomic E-state index is 11.0. The second kappa shape index (κ2) is 4.82. The minimum absolute atomic E-state index is 0.331. The third-order valence-corrected chi connectivity index (χ3v) is 2.13. The van der Waals surface area contributed by atoms with Gasteiger partial charge in [-0.15, -0.1) is 0 Å². The van der Waals surface area contributed by atoms with E-state index in [0.29, 0.717) is 12.3 Å². The minimum Gasteiger partial charge on any atom is -0.468 e. The van der Waals surface area contributed by atoms with Crippen molar-refractivity contribution in [3.8, 4) is 0 Å². The van der Waals surface area contributed by atoms with E-state index < -0.39 is 6.04 Å². The summed E-state index contributed by atoms with van der Waals surface area (Å²) in [6.07, 6.45) is 9.75. The summed E-state index contributed by atoms with van der Waals surface area (Å²) in [5.41, 5.74) is 5.63. The molecule has 0 spiro atoms. The van der Waals surface area contributed by atoms with E-state index in [4.69, 9.17) is 5.73 Å². The summed E-state index contributed by atoms with van der Waals surface area (Å²) < 4.78 is 4.55. The van der Waals surface area contributed by atoms with Gasteiger partial charge in [-0.1, -0.05) is 24.3 Å². The van der Waals surface area contributed by atoms with Crippen LogP contribution in [0.2, 0.25) is 0 Å². The molecule has 0 saturated heterocycles. The summed E-state index contributed by atoms with van der Waals surface area (Å²) in [5, 5.41) is 0. The topological polar surface area (TPSA) is 52.3 Å². The van der Waals surface area contributed by atoms with Crippen LogP contribution in [-0.2, 0) is 9.53 Å². The predicted molar refractivity (Wildman–Crippen MR) is 51.0 cm³/mol. The lowest BCUT2D eigenvalue weighted by Gasteiger charge is -2.16. The molecule has 0 fully saturated rings. The Bertz CT molecular complexity index is 233. The average molecular weight is 181 g/mol. The number of nitrogens with two attached hydrogens (primary N) is 1. The molecule has 1 rings (SSSR count). The van der Waals surface area contributed by atoms with Crippen LogP contribution >= 0.6 is 0 Å². The molecule has 0 amide bonds. The first-order chi connectivity index (χ1) is 6.24. The van der Waals surface area contributed by atoms with Gasteiger partial charge in [-0.2, -0.15) is 0 Å². The van der Waals surface area contributed by atoms with Crippen LogP contribution in [0.15, 0.2) is 24.3 Å². The third kappa shape index (κ3) is 3.03. The number of carbonyl (C=O) groups is 1. The number of methoxy groups -OCH3 is 1. The fraction of sp³-hybridized carbons (Fsp3) is 0.500. The summed E-state index contributed by atoms with van der Waals surface area (Å²) in [6, 6.07) is -0.494. The molecule has 0 radical (unpaired) electrons. The highest BCUT2D eigenvalue weighted by Gasteiger charge is 2.17. The van der Waals surface area contributed by atoms with E-state index in [1.165, 1.54) is 7.11 Å². The number of carbonyl (C=O) groups excluding carboxylic acids is 1. The van der Waals surface area contributed by atoms with Gasteiger partial charge in [-0.05, 0) is 18.8 Å². The molecule has 0 heterocycles. The smallest absolute Gasteiger partial charge is 0.322 e. The molecule has 13 heavy (non-hydrogen) atoms. The van der Waals surface area contributed by atoms with Gasteiger partial charge in [0.1, 0.15) is 6.04 Å². The van der Waals surface area contributed by atoms with E-state index in [9.17, 15) is 4.79 Å². The molecule has 0 bridgehead atoms. The van der Waals surface area contributed by atoms with E-state index in [1.807, 2.05) is 12.2 Å². The van der Waals surface area contributed by atoms with Crippen molar-refractivity contribution < 1.29 is 9.53 Å². The van der Waals surface area contributed by atoms with Gasteiger partial charge in [-0.25, -0.2) is 0 Å². The Kier molecular flexibility index (Phi) is 3.71. The van der Waals surface area contributed by atoms with E-state index in [1.54, 1.807) is 0 Å². The van der Waals surface area contributed by atoms with Crippen LogP contribution in [0, 0.1) is 5.92 Å². The zero-order chi connectivity index (χ0) is 9.68. The Morgan fingerprint density at radius 1 is 1.69 bits per heavy atom. The van der Waals surface area contributed by atoms with Gasteiger partial charge >= 0.3 is 5.97 Å². The SMILES string of the molecule is COC(=O)[C@H](N)CC1C=CC=CC1. The molecule has 3 nitrogen and oxygen atoms in total. The maximum Gasteiger partial charge on any atom is 0.322 e. The maximum atomic E-state index is 11.0. The molecule has 0 saturated carbocycles. The van der Waals surface area contributed by atoms with Gasteiger partial charge in [0.05, 0.1) is 7.11 Å². The number of ether oxygens (including phenoxy) is 1. The van der Waals surface area contributed by atoms with Gasteiger partial charge in [-0.3, -0.25) is 4.79 Å². The Morgan fingerprint density at radius 3 is 3.00 bits per heavy atom. The van der Waals surface area contributed by atoms with Crippen molar-refractivity contribution in [2.45, 2.75) is 18.9 Å². The molecule has 3 heteroatoms. The van der Waals surface area contributed by atoms with Gasteiger partial charge in [0.25, 0.3) is 0 Å². The highest BCUT2D eigenvalue weighted by molar-refractivity contribution is 5.75. The second-order valence-corrected chi connectivity index (χ2v) is 3.17. The quantitative estimate of drug-likeness (QED) is 0.661. The zero-order valence-corrected chi connectivity index (χ0v) is 7.77. The van der Waals surface area contributed by atoms with Gasteiger partial charge < -0.3 is 10.5 Å². The molecular formula is C10H15NO2. The van der Waals surface area contributed by atoms with Crippen molar-refractivity contribution in [2.24, 2.45) is 11.7 Å². The molecule has 0 aliphatic heterocycles. The Labute approximate surface area is 78.3 Å². The lowest BCUT2D eigenvalue weighted by molar-refractivity contribution is -0.142. The van der Waals surface area contributed by atoms with Crippen LogP contribution in [0.5, 0.6) is 0 Å². The Balaban J connectivity index is 2.36. The van der Waals surface area contributed by atoms with E-state index in [-0.39, 0.29) is 5.97 Å². The van der Waals surface area contributed by atoms with Crippen molar-refractivity contribution in [3.05, 3.63) is 24.3 Å². The van der Waals surface area contributed by atoms with E-state index >= 15 is 0 Å². The first kappa shape index (κ1) is 9.99. The van der Waals surface area contributed by atoms with Crippen molar-refractivity contribution in [1.82, 2.24) is 0 Å². The highest BCUT2D eigenvalue weighted by atomic mass is 16.5. The summed E-state index contributed by atoms with van der Waals surface area (Å²) in [6.45, 7) is 0. The molecule has 2 N–H and O–H groups in total. The number of esters is 1. The molecule has 2 atom stereocenters. The number of allylic oxidation sites excluding steroid dienone is 4. The lowest BCUT2D eigenvalue weighted by atomic mass is 9.94. The first-order valence-corrected chi connectivity index (χ1v) is 4.40. The van der Waals surface area contributed by atoms with E-state index in [2.05, 4.69) is 16.9 Å². The number of hydrogen-bond donors (Lipinski definition) is 1. The van der Waals surface area contributed by atoms with Gasteiger partial charge in [0.15, 0.2) is 0 Å². The fourth-order valence-electron chi connectivity index (χ4n) is 1.38. The van der Waals surface area contributed by atoms with Crippen LogP contribution < -0.4 is 5.73 Å². The zero-order valence-electron chi connectivity index (χ0n) is 7.77. The Morgan fingerprint density at radius 2 is 2.46 bits per heavy atom. The summed E-state index contributed by atoms with van der Waals surface area (Å²) in [7, 11) is 1.36. The molecule has 1 aliphatic carbocycles. The summed E-state index contributed by atoms with van der Waals surface area (Å²) in [4.78, 5) is 11.0. The summed E-state index contributed by atoms with van der Waals surface area (Å²) >= 11 is 0. The van der Waals surface area contributed by atoms with Crippen LogP contribution in [-0.4, -0.2) is 19.1 Å². The van der Waals surface area contributed by atoms with Crippen LogP contribution in [0.3, 0.4) is 0 Å². The standard InChI is InChI=1S/C10H15NO2/c1-13-10(12)9(11)7-8-5-3-2-4-6-8/h2-5,8-9H,6-7,11H2,1H3/t8?,9-/m1/s1. The summed E-state index contributed by atoms with van der Waals surface area (Å²) in [5.74, 6) is 0.0436. The van der Waals surface area contributed by atoms with Gasteiger partial charge in [0.2, 0.25) is 0 Å². The van der Waals surface area contributed by atoms with Crippen molar-refractivity contribution in [1.29, 1.82) is 0 Å². The lowest BCUT2D eigenvalue weighted by Crippen LogP contribution is -2.33. The van der Waals surface area contributed by atoms with Crippen LogP contribution in [0.25, 0.3) is 0 Å². The molecule has 0 aromatic rings. The van der Waals surface area contributed by atoms with E-state index in [0.717, 1.165) is 6.42 Å². The fourth-order valence-corrected chi connectivity index (χ4v) is 1.38. The molecule has 1 unspecified atom stereocenters. The average Bonchev–Trinajstić information content (AvgIpc) is 2.18. The normalized spacial score (nSPS) is 22.8. The highest BCUT2D eigenvalue weighted by Crippen LogP contribution is 2.16. The van der Waals surface area contributed by atoms with Crippen LogP contribution in [0.4, 0.5) is 0 Å². The van der Waals surface area contributed by atoms with Crippen LogP contribution in [0.1, 0.15) is 12.8 Å². The minimum atomic E-state index is -0.494. The molecule has 0 aromatic heterocycles. The number of hydrogen-bond acceptors (Lipinski definition) is 3. The monoisotopic (exact) mass is 181 g/mol. The molecule has 0 aromatic carbocycles. The molecule has 72 valence electrons. The van der Waals surface area contributed by atoms with Crippen molar-refractivity contribution in [2.75, 3.05) is 7.11 Å². The first-order valence-electron chi connectivity index (χ1n) is 4.40. The predicted octanol–water partition coefficient (Wildman–Crippen LogP) is 1.01. The number of rotatable bonds is 3. The second-order valence-electron chi connectivity index (χ2n) is 3.17. The largest absolute Gasteiger partial charge is 0.468 e.